The fourth-order valence-electron chi connectivity index (χ4n) is 3.18. The Morgan fingerprint density at radius 2 is 1.77 bits per heavy atom. The maximum absolute atomic E-state index is 13.2. The molecule has 0 spiro atoms. The summed E-state index contributed by atoms with van der Waals surface area (Å²) in [6, 6.07) is 23.4. The lowest BCUT2D eigenvalue weighted by atomic mass is 10.1. The van der Waals surface area contributed by atoms with Crippen LogP contribution in [0.4, 0.5) is 5.69 Å². The number of para-hydroxylation sites is 1. The molecular formula is C24H20N2O3S. The SMILES string of the molecule is CCOC(=O)CSC1=N/C(=C/c2ccc3ccccc3c2)C(=O)N1c1ccccc1. The molecule has 3 aromatic carbocycles. The van der Waals surface area contributed by atoms with Crippen molar-refractivity contribution in [2.24, 2.45) is 4.99 Å². The molecule has 0 aromatic heterocycles. The van der Waals surface area contributed by atoms with E-state index in [1.54, 1.807) is 13.0 Å². The predicted molar refractivity (Wildman–Crippen MR) is 122 cm³/mol. The molecule has 0 atom stereocenters. The largest absolute Gasteiger partial charge is 0.465 e. The molecule has 1 aliphatic heterocycles. The lowest BCUT2D eigenvalue weighted by Crippen LogP contribution is -2.30. The average molecular weight is 417 g/mol. The number of anilines is 1. The number of amides is 1. The first-order valence-corrected chi connectivity index (χ1v) is 10.6. The summed E-state index contributed by atoms with van der Waals surface area (Å²) in [5, 5.41) is 2.70. The molecule has 1 heterocycles. The van der Waals surface area contributed by atoms with Crippen molar-refractivity contribution in [3.63, 3.8) is 0 Å². The maximum Gasteiger partial charge on any atom is 0.316 e. The van der Waals surface area contributed by atoms with Crippen LogP contribution in [-0.2, 0) is 14.3 Å². The molecule has 0 unspecified atom stereocenters. The number of carbonyl (C=O) groups is 2. The number of hydrogen-bond donors (Lipinski definition) is 0. The normalized spacial score (nSPS) is 15.0. The van der Waals surface area contributed by atoms with Crippen LogP contribution in [0.25, 0.3) is 16.8 Å². The first-order chi connectivity index (χ1) is 14.7. The lowest BCUT2D eigenvalue weighted by Gasteiger charge is -2.17. The Bertz CT molecular complexity index is 1160. The molecule has 0 radical (unpaired) electrons. The van der Waals surface area contributed by atoms with Crippen LogP contribution in [0, 0.1) is 0 Å². The first kappa shape index (κ1) is 19.9. The maximum atomic E-state index is 13.2. The summed E-state index contributed by atoms with van der Waals surface area (Å²) in [4.78, 5) is 31.1. The Labute approximate surface area is 179 Å². The number of nitrogens with zero attached hydrogens (tertiary/aromatic N) is 2. The van der Waals surface area contributed by atoms with Gasteiger partial charge in [-0.05, 0) is 47.5 Å². The highest BCUT2D eigenvalue weighted by molar-refractivity contribution is 8.14. The summed E-state index contributed by atoms with van der Waals surface area (Å²) in [7, 11) is 0. The number of carbonyl (C=O) groups excluding carboxylic acids is 2. The number of fused-ring (bicyclic) bond motifs is 1. The van der Waals surface area contributed by atoms with Crippen LogP contribution in [0.15, 0.2) is 83.5 Å². The highest BCUT2D eigenvalue weighted by Crippen LogP contribution is 2.29. The molecule has 0 fully saturated rings. The Morgan fingerprint density at radius 1 is 1.03 bits per heavy atom. The van der Waals surface area contributed by atoms with E-state index < -0.39 is 0 Å². The van der Waals surface area contributed by atoms with E-state index in [1.165, 1.54) is 16.7 Å². The average Bonchev–Trinajstić information content (AvgIpc) is 3.08. The van der Waals surface area contributed by atoms with Crippen LogP contribution in [0.1, 0.15) is 12.5 Å². The van der Waals surface area contributed by atoms with Gasteiger partial charge in [0.2, 0.25) is 0 Å². The molecule has 1 aliphatic rings. The van der Waals surface area contributed by atoms with Crippen LogP contribution in [-0.4, -0.2) is 29.4 Å². The summed E-state index contributed by atoms with van der Waals surface area (Å²) in [5.41, 5.74) is 1.94. The second kappa shape index (κ2) is 8.97. The number of esters is 1. The summed E-state index contributed by atoms with van der Waals surface area (Å²) in [6.45, 7) is 2.08. The van der Waals surface area contributed by atoms with Crippen LogP contribution in [0.5, 0.6) is 0 Å². The molecule has 0 aliphatic carbocycles. The molecule has 3 aromatic rings. The molecular weight excluding hydrogens is 396 g/mol. The third-order valence-corrected chi connectivity index (χ3v) is 5.46. The second-order valence-corrected chi connectivity index (χ2v) is 7.54. The van der Waals surface area contributed by atoms with E-state index in [4.69, 9.17) is 4.74 Å². The van der Waals surface area contributed by atoms with Gasteiger partial charge in [-0.25, -0.2) is 4.99 Å². The van der Waals surface area contributed by atoms with E-state index in [1.807, 2.05) is 72.8 Å². The first-order valence-electron chi connectivity index (χ1n) is 9.63. The van der Waals surface area contributed by atoms with E-state index in [0.29, 0.717) is 23.2 Å². The van der Waals surface area contributed by atoms with Crippen molar-refractivity contribution in [3.05, 3.63) is 84.1 Å². The third-order valence-electron chi connectivity index (χ3n) is 4.55. The molecule has 5 nitrogen and oxygen atoms in total. The van der Waals surface area contributed by atoms with Gasteiger partial charge in [0.25, 0.3) is 5.91 Å². The van der Waals surface area contributed by atoms with Gasteiger partial charge in [-0.2, -0.15) is 0 Å². The third kappa shape index (κ3) is 4.28. The lowest BCUT2D eigenvalue weighted by molar-refractivity contribution is -0.139. The van der Waals surface area contributed by atoms with Gasteiger partial charge in [0.1, 0.15) is 5.70 Å². The summed E-state index contributed by atoms with van der Waals surface area (Å²) in [5.74, 6) is -0.467. The molecule has 30 heavy (non-hydrogen) atoms. The standard InChI is InChI=1S/C24H20N2O3S/c1-2-29-22(27)16-30-24-25-21(23(28)26(24)20-10-4-3-5-11-20)15-17-12-13-18-8-6-7-9-19(18)14-17/h3-15H,2,16H2,1H3/b21-15+. The van der Waals surface area contributed by atoms with Crippen molar-refractivity contribution < 1.29 is 14.3 Å². The van der Waals surface area contributed by atoms with Gasteiger partial charge in [-0.15, -0.1) is 0 Å². The second-order valence-electron chi connectivity index (χ2n) is 6.60. The van der Waals surface area contributed by atoms with Gasteiger partial charge in [0.05, 0.1) is 18.0 Å². The van der Waals surface area contributed by atoms with Crippen molar-refractivity contribution in [1.82, 2.24) is 0 Å². The number of ether oxygens (including phenoxy) is 1. The molecule has 0 saturated carbocycles. The minimum Gasteiger partial charge on any atom is -0.465 e. The van der Waals surface area contributed by atoms with Crippen molar-refractivity contribution in [2.45, 2.75) is 6.92 Å². The fraction of sp³-hybridized carbons (Fsp3) is 0.125. The van der Waals surface area contributed by atoms with Gasteiger partial charge < -0.3 is 4.74 Å². The van der Waals surface area contributed by atoms with Gasteiger partial charge in [-0.1, -0.05) is 66.4 Å². The highest BCUT2D eigenvalue weighted by atomic mass is 32.2. The predicted octanol–water partition coefficient (Wildman–Crippen LogP) is 4.88. The topological polar surface area (TPSA) is 59.0 Å². The minimum absolute atomic E-state index is 0.0898. The summed E-state index contributed by atoms with van der Waals surface area (Å²) >= 11 is 1.20. The molecule has 6 heteroatoms. The van der Waals surface area contributed by atoms with Crippen LogP contribution >= 0.6 is 11.8 Å². The van der Waals surface area contributed by atoms with Gasteiger partial charge in [-0.3, -0.25) is 14.5 Å². The molecule has 0 N–H and O–H groups in total. The van der Waals surface area contributed by atoms with E-state index in [2.05, 4.69) is 4.99 Å². The van der Waals surface area contributed by atoms with E-state index in [9.17, 15) is 9.59 Å². The molecule has 4 rings (SSSR count). The molecule has 150 valence electrons. The van der Waals surface area contributed by atoms with Crippen molar-refractivity contribution in [2.75, 3.05) is 17.3 Å². The molecule has 1 amide bonds. The summed E-state index contributed by atoms with van der Waals surface area (Å²) < 4.78 is 5.00. The summed E-state index contributed by atoms with van der Waals surface area (Å²) in [6.07, 6.45) is 1.78. The Kier molecular flexibility index (Phi) is 5.95. The zero-order valence-electron chi connectivity index (χ0n) is 16.4. The number of amidine groups is 1. The Balaban J connectivity index is 1.67. The van der Waals surface area contributed by atoms with Gasteiger partial charge in [0.15, 0.2) is 5.17 Å². The van der Waals surface area contributed by atoms with E-state index in [-0.39, 0.29) is 17.6 Å². The van der Waals surface area contributed by atoms with Crippen molar-refractivity contribution >= 4 is 51.3 Å². The Morgan fingerprint density at radius 3 is 2.53 bits per heavy atom. The fourth-order valence-corrected chi connectivity index (χ4v) is 3.99. The van der Waals surface area contributed by atoms with Crippen LogP contribution < -0.4 is 4.90 Å². The number of thioether (sulfide) groups is 1. The number of benzene rings is 3. The van der Waals surface area contributed by atoms with Crippen LogP contribution in [0.3, 0.4) is 0 Å². The zero-order chi connectivity index (χ0) is 20.9. The van der Waals surface area contributed by atoms with E-state index >= 15 is 0 Å². The smallest absolute Gasteiger partial charge is 0.316 e. The van der Waals surface area contributed by atoms with Gasteiger partial charge >= 0.3 is 5.97 Å². The minimum atomic E-state index is -0.336. The van der Waals surface area contributed by atoms with E-state index in [0.717, 1.165) is 16.3 Å². The van der Waals surface area contributed by atoms with Gasteiger partial charge in [0, 0.05) is 0 Å². The quantitative estimate of drug-likeness (QED) is 0.439. The number of hydrogen-bond acceptors (Lipinski definition) is 5. The van der Waals surface area contributed by atoms with Crippen molar-refractivity contribution in [3.8, 4) is 0 Å². The number of rotatable bonds is 5. The molecule has 0 bridgehead atoms. The monoisotopic (exact) mass is 416 g/mol. The number of aliphatic imine (C=N–C) groups is 1. The highest BCUT2D eigenvalue weighted by Gasteiger charge is 2.32. The van der Waals surface area contributed by atoms with Crippen LogP contribution in [0.2, 0.25) is 0 Å². The molecule has 0 saturated heterocycles. The zero-order valence-corrected chi connectivity index (χ0v) is 17.3. The Hall–Kier alpha value is -3.38. The van der Waals surface area contributed by atoms with Crippen molar-refractivity contribution in [1.29, 1.82) is 0 Å².